The van der Waals surface area contributed by atoms with E-state index in [2.05, 4.69) is 68.4 Å². The molecule has 0 saturated heterocycles. The first kappa shape index (κ1) is 23.4. The molecule has 5 aliphatic carbocycles. The number of hydrogen-bond acceptors (Lipinski definition) is 1. The zero-order chi connectivity index (χ0) is 23.5. The van der Waals surface area contributed by atoms with E-state index in [1.807, 2.05) is 5.57 Å². The Kier molecular flexibility index (Phi) is 4.89. The molecule has 0 radical (unpaired) electrons. The van der Waals surface area contributed by atoms with Crippen molar-refractivity contribution in [2.75, 3.05) is 0 Å². The van der Waals surface area contributed by atoms with Gasteiger partial charge in [0.1, 0.15) is 0 Å². The van der Waals surface area contributed by atoms with Gasteiger partial charge in [0.05, 0.1) is 6.10 Å². The third-order valence-corrected chi connectivity index (χ3v) is 13.6. The summed E-state index contributed by atoms with van der Waals surface area (Å²) < 4.78 is 0. The minimum atomic E-state index is -0.128. The van der Waals surface area contributed by atoms with Crippen molar-refractivity contribution in [1.29, 1.82) is 0 Å². The minimum Gasteiger partial charge on any atom is -0.393 e. The van der Waals surface area contributed by atoms with Gasteiger partial charge in [0.15, 0.2) is 0 Å². The van der Waals surface area contributed by atoms with E-state index in [4.69, 9.17) is 0 Å². The van der Waals surface area contributed by atoms with Crippen molar-refractivity contribution in [2.24, 2.45) is 56.2 Å². The Morgan fingerprint density at radius 1 is 0.781 bits per heavy atom. The molecule has 0 aromatic heterocycles. The van der Waals surface area contributed by atoms with Crippen LogP contribution in [0, 0.1) is 56.2 Å². The molecule has 0 amide bonds. The van der Waals surface area contributed by atoms with Crippen LogP contribution in [-0.2, 0) is 0 Å². The molecule has 0 heterocycles. The summed E-state index contributed by atoms with van der Waals surface area (Å²) in [5, 5.41) is 10.9. The molecule has 0 aliphatic heterocycles. The largest absolute Gasteiger partial charge is 0.393 e. The van der Waals surface area contributed by atoms with Crippen molar-refractivity contribution in [3.05, 3.63) is 11.6 Å². The molecule has 0 aromatic rings. The fourth-order valence-electron chi connectivity index (χ4n) is 11.2. The Morgan fingerprint density at radius 2 is 1.47 bits per heavy atom. The highest BCUT2D eigenvalue weighted by molar-refractivity contribution is 5.33. The molecule has 9 atom stereocenters. The molecule has 0 aromatic carbocycles. The van der Waals surface area contributed by atoms with Gasteiger partial charge >= 0.3 is 0 Å². The quantitative estimate of drug-likeness (QED) is 0.375. The lowest BCUT2D eigenvalue weighted by atomic mass is 9.33. The highest BCUT2D eigenvalue weighted by atomic mass is 16.3. The molecule has 4 saturated carbocycles. The fourth-order valence-corrected chi connectivity index (χ4v) is 11.2. The molecule has 5 rings (SSSR count). The molecular weight excluding hydrogens is 388 g/mol. The van der Waals surface area contributed by atoms with Crippen LogP contribution in [0.5, 0.6) is 0 Å². The van der Waals surface area contributed by atoms with Crippen LogP contribution in [0.25, 0.3) is 0 Å². The second-order valence-electron chi connectivity index (χ2n) is 15.7. The normalized spacial score (nSPS) is 56.2. The van der Waals surface area contributed by atoms with E-state index in [0.29, 0.717) is 33.0 Å². The first-order chi connectivity index (χ1) is 14.6. The topological polar surface area (TPSA) is 20.2 Å². The van der Waals surface area contributed by atoms with Gasteiger partial charge in [-0.05, 0) is 114 Å². The lowest BCUT2D eigenvalue weighted by Crippen LogP contribution is -2.64. The monoisotopic (exact) mass is 440 g/mol. The highest BCUT2D eigenvalue weighted by Gasteiger charge is 2.68. The number of rotatable bonds is 0. The van der Waals surface area contributed by atoms with Crippen LogP contribution in [0.4, 0.5) is 0 Å². The third-order valence-electron chi connectivity index (χ3n) is 13.6. The Hall–Kier alpha value is -0.300. The minimum absolute atomic E-state index is 0.0488. The van der Waals surface area contributed by atoms with Crippen LogP contribution in [-0.4, -0.2) is 11.2 Å². The van der Waals surface area contributed by atoms with Gasteiger partial charge in [-0.2, -0.15) is 0 Å². The highest BCUT2D eigenvalue weighted by Crippen LogP contribution is 2.76. The molecule has 32 heavy (non-hydrogen) atoms. The Balaban J connectivity index is 1.58. The number of fused-ring (bicyclic) bond motifs is 7. The van der Waals surface area contributed by atoms with Crippen LogP contribution in [0.2, 0.25) is 0 Å². The summed E-state index contributed by atoms with van der Waals surface area (Å²) in [4.78, 5) is 0. The van der Waals surface area contributed by atoms with Crippen molar-refractivity contribution in [1.82, 2.24) is 0 Å². The number of allylic oxidation sites excluding steroid dienone is 2. The summed E-state index contributed by atoms with van der Waals surface area (Å²) in [5.41, 5.74) is 3.99. The van der Waals surface area contributed by atoms with E-state index in [9.17, 15) is 5.11 Å². The smallest absolute Gasteiger partial charge is 0.0594 e. The predicted molar refractivity (Wildman–Crippen MR) is 135 cm³/mol. The summed E-state index contributed by atoms with van der Waals surface area (Å²) in [6.07, 6.45) is 14.4. The lowest BCUT2D eigenvalue weighted by Gasteiger charge is -2.71. The summed E-state index contributed by atoms with van der Waals surface area (Å²) in [5.74, 6) is 3.00. The van der Waals surface area contributed by atoms with E-state index in [-0.39, 0.29) is 11.5 Å². The Labute approximate surface area is 199 Å². The Bertz CT molecular complexity index is 820. The summed E-state index contributed by atoms with van der Waals surface area (Å²) in [6, 6.07) is 0. The molecule has 1 N–H and O–H groups in total. The molecule has 1 nitrogen and oxygen atoms in total. The molecular formula is C31H52O. The van der Waals surface area contributed by atoms with E-state index in [1.54, 1.807) is 0 Å². The fraction of sp³-hybridized carbons (Fsp3) is 0.935. The van der Waals surface area contributed by atoms with Crippen LogP contribution in [0.3, 0.4) is 0 Å². The van der Waals surface area contributed by atoms with Crippen molar-refractivity contribution < 1.29 is 5.11 Å². The first-order valence-corrected chi connectivity index (χ1v) is 14.0. The molecule has 5 aliphatic rings. The second-order valence-corrected chi connectivity index (χ2v) is 15.7. The lowest BCUT2D eigenvalue weighted by molar-refractivity contribution is -0.204. The van der Waals surface area contributed by atoms with Gasteiger partial charge in [0, 0.05) is 0 Å². The third kappa shape index (κ3) is 2.73. The van der Waals surface area contributed by atoms with Crippen LogP contribution < -0.4 is 0 Å². The van der Waals surface area contributed by atoms with Crippen molar-refractivity contribution in [3.63, 3.8) is 0 Å². The summed E-state index contributed by atoms with van der Waals surface area (Å²) in [6.45, 7) is 23.1. The Morgan fingerprint density at radius 3 is 2.16 bits per heavy atom. The SMILES string of the molecule is C[C@@H]1CC(C)(C)CC2C3=CCC4[C@@]5(C)CC[C@H](O)C(C)(C)C5CC[C@@]4(C)[C@]3(C)CC[C@]21C. The van der Waals surface area contributed by atoms with Crippen molar-refractivity contribution in [3.8, 4) is 0 Å². The van der Waals surface area contributed by atoms with Gasteiger partial charge in [-0.15, -0.1) is 0 Å². The maximum atomic E-state index is 10.9. The van der Waals surface area contributed by atoms with Crippen molar-refractivity contribution >= 4 is 0 Å². The average Bonchev–Trinajstić information content (AvgIpc) is 2.67. The van der Waals surface area contributed by atoms with Crippen LogP contribution in [0.15, 0.2) is 11.6 Å². The molecule has 3 unspecified atom stereocenters. The standard InChI is InChI=1S/C31H52O/c1-20-18-26(2,3)19-22-21-10-11-24-29(7)14-13-25(32)27(4,5)23(29)12-15-31(24,9)30(21,8)17-16-28(20,22)6/h10,20,22-25,32H,11-19H2,1-9H3/t20-,22?,23?,24?,25+,28+,29+,30-,31-/m1/s1. The zero-order valence-electron chi connectivity index (χ0n) is 22.8. The number of hydrogen-bond donors (Lipinski definition) is 1. The number of aliphatic hydroxyl groups is 1. The second kappa shape index (κ2) is 6.67. The van der Waals surface area contributed by atoms with E-state index in [0.717, 1.165) is 24.2 Å². The maximum Gasteiger partial charge on any atom is 0.0594 e. The van der Waals surface area contributed by atoms with Gasteiger partial charge in [-0.1, -0.05) is 74.0 Å². The van der Waals surface area contributed by atoms with Gasteiger partial charge in [0.2, 0.25) is 0 Å². The van der Waals surface area contributed by atoms with Gasteiger partial charge in [-0.3, -0.25) is 0 Å². The predicted octanol–water partition coefficient (Wildman–Crippen LogP) is 8.41. The summed E-state index contributed by atoms with van der Waals surface area (Å²) >= 11 is 0. The zero-order valence-corrected chi connectivity index (χ0v) is 22.8. The van der Waals surface area contributed by atoms with Gasteiger partial charge in [-0.25, -0.2) is 0 Å². The average molecular weight is 441 g/mol. The molecule has 1 heteroatoms. The van der Waals surface area contributed by atoms with Crippen LogP contribution in [0.1, 0.15) is 120 Å². The van der Waals surface area contributed by atoms with E-state index < -0.39 is 0 Å². The van der Waals surface area contributed by atoms with Gasteiger partial charge < -0.3 is 5.11 Å². The van der Waals surface area contributed by atoms with Crippen LogP contribution >= 0.6 is 0 Å². The number of aliphatic hydroxyl groups excluding tert-OH is 1. The molecule has 0 bridgehead atoms. The van der Waals surface area contributed by atoms with Gasteiger partial charge in [0.25, 0.3) is 0 Å². The van der Waals surface area contributed by atoms with E-state index >= 15 is 0 Å². The summed E-state index contributed by atoms with van der Waals surface area (Å²) in [7, 11) is 0. The molecule has 182 valence electrons. The molecule has 4 fully saturated rings. The maximum absolute atomic E-state index is 10.9. The molecule has 0 spiro atoms. The van der Waals surface area contributed by atoms with E-state index in [1.165, 1.54) is 51.4 Å². The van der Waals surface area contributed by atoms with Crippen molar-refractivity contribution in [2.45, 2.75) is 126 Å². The first-order valence-electron chi connectivity index (χ1n) is 14.0.